The molecule has 0 unspecified atom stereocenters. The second-order valence-electron chi connectivity index (χ2n) is 5.83. The van der Waals surface area contributed by atoms with Gasteiger partial charge < -0.3 is 10.1 Å². The SMILES string of the molecule is Cc1ccccc1COc1ccc(Br)cc1CNc1ccc(Br)cc1. The highest BCUT2D eigenvalue weighted by Crippen LogP contribution is 2.26. The zero-order valence-corrected chi connectivity index (χ0v) is 17.1. The van der Waals surface area contributed by atoms with Crippen molar-refractivity contribution in [3.8, 4) is 5.75 Å². The minimum absolute atomic E-state index is 0.569. The third-order valence-corrected chi connectivity index (χ3v) is 5.02. The van der Waals surface area contributed by atoms with Crippen LogP contribution >= 0.6 is 31.9 Å². The Bertz CT molecular complexity index is 847. The fourth-order valence-electron chi connectivity index (χ4n) is 2.52. The van der Waals surface area contributed by atoms with Gasteiger partial charge in [-0.2, -0.15) is 0 Å². The Morgan fingerprint density at radius 1 is 0.840 bits per heavy atom. The predicted molar refractivity (Wildman–Crippen MR) is 111 cm³/mol. The molecule has 0 aliphatic rings. The topological polar surface area (TPSA) is 21.3 Å². The minimum Gasteiger partial charge on any atom is -0.489 e. The van der Waals surface area contributed by atoms with Crippen LogP contribution in [-0.2, 0) is 13.2 Å². The highest BCUT2D eigenvalue weighted by Gasteiger charge is 2.07. The molecule has 2 nitrogen and oxygen atoms in total. The largest absolute Gasteiger partial charge is 0.489 e. The summed E-state index contributed by atoms with van der Waals surface area (Å²) < 4.78 is 8.21. The molecule has 1 N–H and O–H groups in total. The molecule has 3 rings (SSSR count). The predicted octanol–water partition coefficient (Wildman–Crippen LogP) is 6.71. The molecule has 0 radical (unpaired) electrons. The number of ether oxygens (including phenoxy) is 1. The van der Waals surface area contributed by atoms with Gasteiger partial charge in [-0.05, 0) is 60.5 Å². The van der Waals surface area contributed by atoms with Gasteiger partial charge >= 0.3 is 0 Å². The Morgan fingerprint density at radius 2 is 1.56 bits per heavy atom. The molecule has 0 bridgehead atoms. The second-order valence-corrected chi connectivity index (χ2v) is 7.66. The van der Waals surface area contributed by atoms with Crippen LogP contribution in [0, 0.1) is 6.92 Å². The van der Waals surface area contributed by atoms with E-state index in [1.165, 1.54) is 11.1 Å². The molecule has 25 heavy (non-hydrogen) atoms. The summed E-state index contributed by atoms with van der Waals surface area (Å²) in [5, 5.41) is 3.44. The van der Waals surface area contributed by atoms with Gasteiger partial charge in [-0.25, -0.2) is 0 Å². The summed E-state index contributed by atoms with van der Waals surface area (Å²) in [5.41, 5.74) is 4.64. The molecule has 0 heterocycles. The molecule has 0 aromatic heterocycles. The van der Waals surface area contributed by atoms with Crippen molar-refractivity contribution in [3.63, 3.8) is 0 Å². The number of nitrogens with one attached hydrogen (secondary N) is 1. The van der Waals surface area contributed by atoms with E-state index in [4.69, 9.17) is 4.74 Å². The van der Waals surface area contributed by atoms with Gasteiger partial charge in [0.2, 0.25) is 0 Å². The molecule has 4 heteroatoms. The van der Waals surface area contributed by atoms with E-state index in [1.54, 1.807) is 0 Å². The van der Waals surface area contributed by atoms with Gasteiger partial charge in [0.15, 0.2) is 0 Å². The van der Waals surface area contributed by atoms with E-state index in [-0.39, 0.29) is 0 Å². The number of benzene rings is 3. The summed E-state index contributed by atoms with van der Waals surface area (Å²) in [6, 6.07) is 22.6. The quantitative estimate of drug-likeness (QED) is 0.441. The summed E-state index contributed by atoms with van der Waals surface area (Å²) in [4.78, 5) is 0. The standard InChI is InChI=1S/C21H19Br2NO/c1-15-4-2-3-5-16(15)14-25-21-11-8-19(23)12-17(21)13-24-20-9-6-18(22)7-10-20/h2-12,24H,13-14H2,1H3. The summed E-state index contributed by atoms with van der Waals surface area (Å²) in [7, 11) is 0. The summed E-state index contributed by atoms with van der Waals surface area (Å²) in [6.45, 7) is 3.38. The summed E-state index contributed by atoms with van der Waals surface area (Å²) >= 11 is 7.01. The van der Waals surface area contributed by atoms with E-state index >= 15 is 0 Å². The van der Waals surface area contributed by atoms with Crippen LogP contribution in [0.5, 0.6) is 5.75 Å². The number of halogens is 2. The Morgan fingerprint density at radius 3 is 2.32 bits per heavy atom. The van der Waals surface area contributed by atoms with Gasteiger partial charge in [0.05, 0.1) is 0 Å². The average molecular weight is 461 g/mol. The monoisotopic (exact) mass is 459 g/mol. The maximum Gasteiger partial charge on any atom is 0.124 e. The van der Waals surface area contributed by atoms with Crippen molar-refractivity contribution in [3.05, 3.63) is 92.4 Å². The lowest BCUT2D eigenvalue weighted by atomic mass is 10.1. The van der Waals surface area contributed by atoms with Gasteiger partial charge in [0.25, 0.3) is 0 Å². The molecule has 3 aromatic rings. The Kier molecular flexibility index (Phi) is 6.16. The third-order valence-electron chi connectivity index (χ3n) is 3.99. The minimum atomic E-state index is 0.569. The number of rotatable bonds is 6. The number of hydrogen-bond acceptors (Lipinski definition) is 2. The molecule has 3 aromatic carbocycles. The van der Waals surface area contributed by atoms with Gasteiger partial charge in [0.1, 0.15) is 12.4 Å². The smallest absolute Gasteiger partial charge is 0.124 e. The van der Waals surface area contributed by atoms with Crippen LogP contribution in [0.1, 0.15) is 16.7 Å². The molecule has 0 saturated heterocycles. The normalized spacial score (nSPS) is 10.5. The number of aryl methyl sites for hydroxylation is 1. The molecule has 0 spiro atoms. The van der Waals surface area contributed by atoms with E-state index in [0.717, 1.165) is 25.9 Å². The van der Waals surface area contributed by atoms with Crippen LogP contribution in [0.3, 0.4) is 0 Å². The van der Waals surface area contributed by atoms with Gasteiger partial charge in [-0.3, -0.25) is 0 Å². The first-order valence-electron chi connectivity index (χ1n) is 8.07. The van der Waals surface area contributed by atoms with Crippen LogP contribution < -0.4 is 10.1 Å². The lowest BCUT2D eigenvalue weighted by Gasteiger charge is -2.14. The highest BCUT2D eigenvalue weighted by atomic mass is 79.9. The van der Waals surface area contributed by atoms with Crippen molar-refractivity contribution in [1.82, 2.24) is 0 Å². The molecule has 0 atom stereocenters. The lowest BCUT2D eigenvalue weighted by molar-refractivity contribution is 0.302. The van der Waals surface area contributed by atoms with E-state index in [1.807, 2.05) is 36.4 Å². The molecule has 0 aliphatic carbocycles. The molecule has 0 fully saturated rings. The molecular weight excluding hydrogens is 442 g/mol. The number of hydrogen-bond donors (Lipinski definition) is 1. The van der Waals surface area contributed by atoms with Crippen molar-refractivity contribution in [2.24, 2.45) is 0 Å². The first kappa shape index (κ1) is 18.0. The third kappa shape index (κ3) is 5.10. The molecular formula is C21H19Br2NO. The second kappa shape index (κ2) is 8.54. The van der Waals surface area contributed by atoms with Gasteiger partial charge in [-0.1, -0.05) is 56.1 Å². The van der Waals surface area contributed by atoms with Crippen molar-refractivity contribution in [1.29, 1.82) is 0 Å². The maximum atomic E-state index is 6.10. The van der Waals surface area contributed by atoms with Crippen LogP contribution in [-0.4, -0.2) is 0 Å². The fraction of sp³-hybridized carbons (Fsp3) is 0.143. The summed E-state index contributed by atoms with van der Waals surface area (Å²) in [6.07, 6.45) is 0. The zero-order chi connectivity index (χ0) is 17.6. The van der Waals surface area contributed by atoms with E-state index in [0.29, 0.717) is 13.2 Å². The average Bonchev–Trinajstić information content (AvgIpc) is 2.62. The molecule has 0 amide bonds. The van der Waals surface area contributed by atoms with E-state index in [2.05, 4.69) is 74.4 Å². The number of anilines is 1. The first-order chi connectivity index (χ1) is 12.1. The van der Waals surface area contributed by atoms with Gasteiger partial charge in [0, 0.05) is 26.7 Å². The first-order valence-corrected chi connectivity index (χ1v) is 9.65. The molecule has 128 valence electrons. The van der Waals surface area contributed by atoms with Crippen molar-refractivity contribution in [2.75, 3.05) is 5.32 Å². The molecule has 0 saturated carbocycles. The lowest BCUT2D eigenvalue weighted by Crippen LogP contribution is -2.04. The Balaban J connectivity index is 1.71. The Hall–Kier alpha value is -1.78. The van der Waals surface area contributed by atoms with E-state index < -0.39 is 0 Å². The van der Waals surface area contributed by atoms with Crippen molar-refractivity contribution < 1.29 is 4.74 Å². The van der Waals surface area contributed by atoms with Crippen LogP contribution in [0.4, 0.5) is 5.69 Å². The van der Waals surface area contributed by atoms with Crippen molar-refractivity contribution in [2.45, 2.75) is 20.1 Å². The van der Waals surface area contributed by atoms with E-state index in [9.17, 15) is 0 Å². The maximum absolute atomic E-state index is 6.10. The van der Waals surface area contributed by atoms with Crippen LogP contribution in [0.2, 0.25) is 0 Å². The van der Waals surface area contributed by atoms with Gasteiger partial charge in [-0.15, -0.1) is 0 Å². The Labute approximate surface area is 165 Å². The highest BCUT2D eigenvalue weighted by molar-refractivity contribution is 9.10. The molecule has 0 aliphatic heterocycles. The van der Waals surface area contributed by atoms with Crippen LogP contribution in [0.25, 0.3) is 0 Å². The van der Waals surface area contributed by atoms with Crippen molar-refractivity contribution >= 4 is 37.5 Å². The van der Waals surface area contributed by atoms with Crippen LogP contribution in [0.15, 0.2) is 75.7 Å². The zero-order valence-electron chi connectivity index (χ0n) is 13.9. The fourth-order valence-corrected chi connectivity index (χ4v) is 3.19. The summed E-state index contributed by atoms with van der Waals surface area (Å²) in [5.74, 6) is 0.899.